The minimum atomic E-state index is -0.0886. The predicted octanol–water partition coefficient (Wildman–Crippen LogP) is 3.29. The summed E-state index contributed by atoms with van der Waals surface area (Å²) in [4.78, 5) is 29.5. The minimum absolute atomic E-state index is 0.0326. The summed E-state index contributed by atoms with van der Waals surface area (Å²) in [6, 6.07) is 17.7. The van der Waals surface area contributed by atoms with Gasteiger partial charge < -0.3 is 15.1 Å². The van der Waals surface area contributed by atoms with Gasteiger partial charge in [-0.25, -0.2) is 0 Å². The maximum Gasteiger partial charge on any atom is 0.242 e. The van der Waals surface area contributed by atoms with Gasteiger partial charge >= 0.3 is 0 Å². The van der Waals surface area contributed by atoms with Gasteiger partial charge in [-0.1, -0.05) is 35.9 Å². The molecule has 0 unspecified atom stereocenters. The van der Waals surface area contributed by atoms with Crippen molar-refractivity contribution in [2.45, 2.75) is 11.3 Å². The van der Waals surface area contributed by atoms with E-state index < -0.39 is 0 Å². The predicted molar refractivity (Wildman–Crippen MR) is 115 cm³/mol. The van der Waals surface area contributed by atoms with E-state index in [1.54, 1.807) is 16.7 Å². The molecular weight excluding hydrogens is 394 g/mol. The number of thioether (sulfide) groups is 1. The quantitative estimate of drug-likeness (QED) is 0.702. The summed E-state index contributed by atoms with van der Waals surface area (Å²) in [6.07, 6.45) is 0.398. The second-order valence-electron chi connectivity index (χ2n) is 6.54. The molecule has 0 saturated carbocycles. The van der Waals surface area contributed by atoms with Crippen LogP contribution in [-0.4, -0.2) is 55.2 Å². The molecule has 1 heterocycles. The molecule has 0 aromatic heterocycles. The van der Waals surface area contributed by atoms with E-state index in [2.05, 4.69) is 10.2 Å². The Labute approximate surface area is 175 Å². The van der Waals surface area contributed by atoms with Crippen LogP contribution in [0.3, 0.4) is 0 Å². The zero-order valence-corrected chi connectivity index (χ0v) is 17.2. The zero-order chi connectivity index (χ0) is 19.8. The van der Waals surface area contributed by atoms with E-state index in [1.165, 1.54) is 0 Å². The number of nitrogens with one attached hydrogen (secondary N) is 1. The maximum atomic E-state index is 12.4. The Kier molecular flexibility index (Phi) is 7.62. The molecule has 2 aromatic carbocycles. The summed E-state index contributed by atoms with van der Waals surface area (Å²) in [5.74, 6) is 0.576. The number of piperazine rings is 1. The summed E-state index contributed by atoms with van der Waals surface area (Å²) >= 11 is 7.69. The summed E-state index contributed by atoms with van der Waals surface area (Å²) in [7, 11) is 0. The molecule has 1 N–H and O–H groups in total. The molecule has 0 aliphatic carbocycles. The third-order valence-corrected chi connectivity index (χ3v) is 5.83. The molecule has 1 aliphatic rings. The minimum Gasteiger partial charge on any atom is -0.368 e. The number of halogens is 1. The van der Waals surface area contributed by atoms with Crippen LogP contribution in [0.2, 0.25) is 5.02 Å². The van der Waals surface area contributed by atoms with Crippen molar-refractivity contribution < 1.29 is 9.59 Å². The summed E-state index contributed by atoms with van der Waals surface area (Å²) in [5, 5.41) is 3.45. The average molecular weight is 418 g/mol. The van der Waals surface area contributed by atoms with E-state index in [0.29, 0.717) is 30.3 Å². The first kappa shape index (κ1) is 20.6. The maximum absolute atomic E-state index is 12.4. The number of carbonyl (C=O) groups excluding carboxylic acids is 2. The SMILES string of the molecule is O=C(CCSc1ccccc1)NCC(=O)N1CCN(c2cccc(Cl)c2)CC1. The lowest BCUT2D eigenvalue weighted by Crippen LogP contribution is -2.51. The van der Waals surface area contributed by atoms with Crippen LogP contribution in [0.4, 0.5) is 5.69 Å². The number of rotatable bonds is 7. The monoisotopic (exact) mass is 417 g/mol. The zero-order valence-electron chi connectivity index (χ0n) is 15.6. The van der Waals surface area contributed by atoms with Gasteiger partial charge in [-0.3, -0.25) is 9.59 Å². The number of carbonyl (C=O) groups is 2. The molecule has 148 valence electrons. The standard InChI is InChI=1S/C21H24ClN3O2S/c22-17-5-4-6-18(15-17)24-10-12-25(13-11-24)21(27)16-23-20(26)9-14-28-19-7-2-1-3-8-19/h1-8,15H,9-14,16H2,(H,23,26). The van der Waals surface area contributed by atoms with Gasteiger partial charge in [0.2, 0.25) is 11.8 Å². The van der Waals surface area contributed by atoms with E-state index in [1.807, 2.05) is 54.6 Å². The molecule has 0 bridgehead atoms. The molecular formula is C21H24ClN3O2S. The third kappa shape index (κ3) is 6.17. The van der Waals surface area contributed by atoms with E-state index in [0.717, 1.165) is 23.7 Å². The number of benzene rings is 2. The molecule has 7 heteroatoms. The summed E-state index contributed by atoms with van der Waals surface area (Å²) in [6.45, 7) is 2.86. The molecule has 1 saturated heterocycles. The summed E-state index contributed by atoms with van der Waals surface area (Å²) in [5.41, 5.74) is 1.07. The van der Waals surface area contributed by atoms with Crippen molar-refractivity contribution in [3.63, 3.8) is 0 Å². The highest BCUT2D eigenvalue weighted by Crippen LogP contribution is 2.21. The van der Waals surface area contributed by atoms with Gasteiger partial charge in [0, 0.05) is 54.0 Å². The first-order valence-corrected chi connectivity index (χ1v) is 10.7. The Bertz CT molecular complexity index is 795. The Hall–Kier alpha value is -2.18. The second-order valence-corrected chi connectivity index (χ2v) is 8.14. The Balaban J connectivity index is 1.34. The Morgan fingerprint density at radius 2 is 1.75 bits per heavy atom. The van der Waals surface area contributed by atoms with Crippen molar-refractivity contribution in [1.82, 2.24) is 10.2 Å². The van der Waals surface area contributed by atoms with Crippen molar-refractivity contribution in [3.05, 3.63) is 59.6 Å². The molecule has 1 fully saturated rings. The van der Waals surface area contributed by atoms with Gasteiger partial charge in [-0.15, -0.1) is 11.8 Å². The fourth-order valence-electron chi connectivity index (χ4n) is 3.04. The smallest absolute Gasteiger partial charge is 0.242 e. The molecule has 2 amide bonds. The van der Waals surface area contributed by atoms with Crippen molar-refractivity contribution in [2.24, 2.45) is 0 Å². The van der Waals surface area contributed by atoms with Gasteiger partial charge in [0.1, 0.15) is 0 Å². The van der Waals surface area contributed by atoms with Gasteiger partial charge in [-0.2, -0.15) is 0 Å². The number of amides is 2. The van der Waals surface area contributed by atoms with Crippen LogP contribution in [0.25, 0.3) is 0 Å². The van der Waals surface area contributed by atoms with Crippen LogP contribution in [0, 0.1) is 0 Å². The van der Waals surface area contributed by atoms with Gasteiger partial charge in [0.15, 0.2) is 0 Å². The van der Waals surface area contributed by atoms with Gasteiger partial charge in [0.05, 0.1) is 6.54 Å². The van der Waals surface area contributed by atoms with Crippen LogP contribution in [0.5, 0.6) is 0 Å². The van der Waals surface area contributed by atoms with Gasteiger partial charge in [-0.05, 0) is 30.3 Å². The normalized spacial score (nSPS) is 14.0. The molecule has 1 aliphatic heterocycles. The molecule has 2 aromatic rings. The summed E-state index contributed by atoms with van der Waals surface area (Å²) < 4.78 is 0. The van der Waals surface area contributed by atoms with Crippen molar-refractivity contribution in [1.29, 1.82) is 0 Å². The van der Waals surface area contributed by atoms with E-state index in [-0.39, 0.29) is 18.4 Å². The first-order valence-electron chi connectivity index (χ1n) is 9.34. The number of hydrogen-bond acceptors (Lipinski definition) is 4. The lowest BCUT2D eigenvalue weighted by molar-refractivity contribution is -0.133. The van der Waals surface area contributed by atoms with Crippen molar-refractivity contribution in [3.8, 4) is 0 Å². The fourth-order valence-corrected chi connectivity index (χ4v) is 4.10. The highest BCUT2D eigenvalue weighted by molar-refractivity contribution is 7.99. The largest absolute Gasteiger partial charge is 0.368 e. The van der Waals surface area contributed by atoms with E-state index >= 15 is 0 Å². The van der Waals surface area contributed by atoms with E-state index in [9.17, 15) is 9.59 Å². The number of nitrogens with zero attached hydrogens (tertiary/aromatic N) is 2. The highest BCUT2D eigenvalue weighted by Gasteiger charge is 2.21. The van der Waals surface area contributed by atoms with Crippen LogP contribution >= 0.6 is 23.4 Å². The third-order valence-electron chi connectivity index (χ3n) is 4.58. The van der Waals surface area contributed by atoms with Crippen molar-refractivity contribution in [2.75, 3.05) is 43.4 Å². The first-order chi connectivity index (χ1) is 13.6. The molecule has 3 rings (SSSR count). The Morgan fingerprint density at radius 3 is 2.46 bits per heavy atom. The van der Waals surface area contributed by atoms with Crippen LogP contribution < -0.4 is 10.2 Å². The Morgan fingerprint density at radius 1 is 1.00 bits per heavy atom. The molecule has 0 spiro atoms. The van der Waals surface area contributed by atoms with Crippen molar-refractivity contribution >= 4 is 40.9 Å². The lowest BCUT2D eigenvalue weighted by Gasteiger charge is -2.36. The van der Waals surface area contributed by atoms with Crippen LogP contribution in [-0.2, 0) is 9.59 Å². The van der Waals surface area contributed by atoms with Crippen LogP contribution in [0.15, 0.2) is 59.5 Å². The van der Waals surface area contributed by atoms with E-state index in [4.69, 9.17) is 11.6 Å². The number of anilines is 1. The fraction of sp³-hybridized carbons (Fsp3) is 0.333. The molecule has 28 heavy (non-hydrogen) atoms. The number of hydrogen-bond donors (Lipinski definition) is 1. The average Bonchev–Trinajstić information content (AvgIpc) is 2.73. The molecule has 5 nitrogen and oxygen atoms in total. The second kappa shape index (κ2) is 10.4. The lowest BCUT2D eigenvalue weighted by atomic mass is 10.2. The van der Waals surface area contributed by atoms with Gasteiger partial charge in [0.25, 0.3) is 0 Å². The topological polar surface area (TPSA) is 52.7 Å². The molecule has 0 atom stereocenters. The highest BCUT2D eigenvalue weighted by atomic mass is 35.5. The van der Waals surface area contributed by atoms with Crippen LogP contribution in [0.1, 0.15) is 6.42 Å². The molecule has 0 radical (unpaired) electrons.